The predicted molar refractivity (Wildman–Crippen MR) is 223 cm³/mol. The molecular weight excluding hydrogens is 599 g/mol. The first kappa shape index (κ1) is 50.0. The highest BCUT2D eigenvalue weighted by molar-refractivity contribution is 4.93. The predicted octanol–water partition coefficient (Wildman–Crippen LogP) is 15.1. The normalized spacial score (nSPS) is 14.2. The summed E-state index contributed by atoms with van der Waals surface area (Å²) in [6.45, 7) is 10.9. The Morgan fingerprint density at radius 2 is 0.939 bits per heavy atom. The molecule has 0 aromatic heterocycles. The van der Waals surface area contributed by atoms with E-state index >= 15 is 0 Å². The lowest BCUT2D eigenvalue weighted by molar-refractivity contribution is -0.266. The second-order valence-electron chi connectivity index (χ2n) is 14.6. The van der Waals surface area contributed by atoms with Crippen LogP contribution in [0.2, 0.25) is 0 Å². The van der Waals surface area contributed by atoms with Crippen LogP contribution in [0, 0.1) is 0 Å². The van der Waals surface area contributed by atoms with Crippen molar-refractivity contribution in [2.24, 2.45) is 0 Å². The molecule has 0 aliphatic heterocycles. The smallest absolute Gasteiger partial charge is 0.169 e. The Balaban J connectivity index is 0. The first-order chi connectivity index (χ1) is 23.5. The number of hydrogen-bond acceptors (Lipinski definition) is 3. The molecule has 0 aliphatic rings. The fourth-order valence-corrected chi connectivity index (χ4v) is 6.21. The minimum absolute atomic E-state index is 0. The van der Waals surface area contributed by atoms with E-state index in [1.165, 1.54) is 128 Å². The van der Waals surface area contributed by atoms with E-state index in [1.807, 2.05) is 0 Å². The number of rotatable bonds is 37. The van der Waals surface area contributed by atoms with Gasteiger partial charge in [-0.05, 0) is 98.1 Å². The summed E-state index contributed by atoms with van der Waals surface area (Å²) < 4.78 is 13.5. The fourth-order valence-electron chi connectivity index (χ4n) is 6.21. The minimum Gasteiger partial charge on any atom is -0.350 e. The molecule has 0 rings (SSSR count). The highest BCUT2D eigenvalue weighted by atomic mass is 16.7. The van der Waals surface area contributed by atoms with Crippen molar-refractivity contribution >= 4 is 0 Å². The molecule has 0 amide bonds. The molecule has 2 unspecified atom stereocenters. The van der Waals surface area contributed by atoms with Gasteiger partial charge in [0.15, 0.2) is 5.79 Å². The number of ether oxygens (including phenoxy) is 2. The van der Waals surface area contributed by atoms with E-state index in [0.717, 1.165) is 58.1 Å². The van der Waals surface area contributed by atoms with Gasteiger partial charge in [-0.15, -0.1) is 0 Å². The van der Waals surface area contributed by atoms with E-state index in [2.05, 4.69) is 95.3 Å². The van der Waals surface area contributed by atoms with E-state index in [4.69, 9.17) is 9.47 Å². The van der Waals surface area contributed by atoms with Crippen LogP contribution >= 0.6 is 0 Å². The zero-order valence-electron chi connectivity index (χ0n) is 33.5. The van der Waals surface area contributed by atoms with Gasteiger partial charge in [0.05, 0.1) is 12.7 Å². The van der Waals surface area contributed by atoms with Crippen molar-refractivity contribution in [1.82, 2.24) is 4.90 Å². The van der Waals surface area contributed by atoms with Crippen LogP contribution in [0.1, 0.15) is 208 Å². The molecule has 0 heterocycles. The molecule has 0 saturated carbocycles. The van der Waals surface area contributed by atoms with Crippen LogP contribution in [-0.4, -0.2) is 44.0 Å². The second-order valence-corrected chi connectivity index (χ2v) is 14.6. The van der Waals surface area contributed by atoms with Gasteiger partial charge < -0.3 is 14.4 Å². The zero-order valence-corrected chi connectivity index (χ0v) is 33.5. The maximum atomic E-state index is 6.80. The van der Waals surface area contributed by atoms with Crippen molar-refractivity contribution in [3.05, 3.63) is 48.6 Å². The van der Waals surface area contributed by atoms with E-state index in [0.29, 0.717) is 0 Å². The van der Waals surface area contributed by atoms with Crippen molar-refractivity contribution in [3.8, 4) is 0 Å². The Morgan fingerprint density at radius 3 is 1.39 bits per heavy atom. The maximum Gasteiger partial charge on any atom is 0.169 e. The standard InChI is InChI=1S/C45H85NO2.CH4/c1-7-10-12-14-16-18-20-22-24-26-28-30-32-34-36-38-43-47-45(40-9-3,41-42-46(5)6)48-44(4)39-37-35-33-31-29-27-25-23-21-19-17-15-13-11-8-2;/h16-19,22-25,44H,7-15,20-21,26-43H2,1-6H3;1H4/b18-16-,19-17-,24-22-,25-23-;. The minimum atomic E-state index is -0.438. The largest absolute Gasteiger partial charge is 0.350 e. The maximum absolute atomic E-state index is 6.80. The van der Waals surface area contributed by atoms with Crippen LogP contribution in [0.5, 0.6) is 0 Å². The highest BCUT2D eigenvalue weighted by Crippen LogP contribution is 2.29. The summed E-state index contributed by atoms with van der Waals surface area (Å²) in [6.07, 6.45) is 52.6. The Kier molecular flexibility index (Phi) is 40.4. The molecule has 0 fully saturated rings. The van der Waals surface area contributed by atoms with Crippen molar-refractivity contribution in [3.63, 3.8) is 0 Å². The SMILES string of the molecule is C.CCCCC/C=C\C/C=C\CCCCCCCCOC(CCC)(CCN(C)C)OC(C)CCCCCCC/C=C\C/C=C\CCCCC. The summed E-state index contributed by atoms with van der Waals surface area (Å²) in [5, 5.41) is 0. The third kappa shape index (κ3) is 36.4. The van der Waals surface area contributed by atoms with E-state index < -0.39 is 5.79 Å². The number of unbranched alkanes of at least 4 members (excludes halogenated alkanes) is 17. The molecule has 0 aliphatic carbocycles. The van der Waals surface area contributed by atoms with Crippen molar-refractivity contribution in [2.45, 2.75) is 220 Å². The van der Waals surface area contributed by atoms with Crippen LogP contribution < -0.4 is 0 Å². The van der Waals surface area contributed by atoms with E-state index in [-0.39, 0.29) is 13.5 Å². The fraction of sp³-hybridized carbons (Fsp3) is 0.826. The molecule has 0 bridgehead atoms. The van der Waals surface area contributed by atoms with Crippen molar-refractivity contribution in [1.29, 1.82) is 0 Å². The topological polar surface area (TPSA) is 21.7 Å². The number of hydrogen-bond donors (Lipinski definition) is 0. The Bertz CT molecular complexity index is 754. The molecule has 49 heavy (non-hydrogen) atoms. The van der Waals surface area contributed by atoms with Gasteiger partial charge in [0.1, 0.15) is 0 Å². The molecule has 290 valence electrons. The number of allylic oxidation sites excluding steroid dienone is 8. The van der Waals surface area contributed by atoms with Gasteiger partial charge in [-0.1, -0.05) is 160 Å². The van der Waals surface area contributed by atoms with Gasteiger partial charge in [-0.3, -0.25) is 0 Å². The van der Waals surface area contributed by atoms with Gasteiger partial charge >= 0.3 is 0 Å². The molecule has 0 aromatic carbocycles. The van der Waals surface area contributed by atoms with Crippen LogP contribution in [0.4, 0.5) is 0 Å². The molecule has 0 N–H and O–H groups in total. The zero-order chi connectivity index (χ0) is 35.2. The lowest BCUT2D eigenvalue weighted by Gasteiger charge is -2.37. The van der Waals surface area contributed by atoms with Gasteiger partial charge in [0.2, 0.25) is 0 Å². The molecular formula is C46H89NO2. The van der Waals surface area contributed by atoms with Gasteiger partial charge in [0, 0.05) is 19.4 Å². The summed E-state index contributed by atoms with van der Waals surface area (Å²) in [5.74, 6) is -0.438. The first-order valence-electron chi connectivity index (χ1n) is 21.1. The average Bonchev–Trinajstić information content (AvgIpc) is 3.07. The average molecular weight is 688 g/mol. The van der Waals surface area contributed by atoms with Gasteiger partial charge in [-0.2, -0.15) is 0 Å². The summed E-state index contributed by atoms with van der Waals surface area (Å²) in [6, 6.07) is 0. The van der Waals surface area contributed by atoms with Gasteiger partial charge in [0.25, 0.3) is 0 Å². The van der Waals surface area contributed by atoms with Crippen LogP contribution in [-0.2, 0) is 9.47 Å². The molecule has 0 saturated heterocycles. The lowest BCUT2D eigenvalue weighted by Crippen LogP contribution is -2.41. The summed E-state index contributed by atoms with van der Waals surface area (Å²) in [5.41, 5.74) is 0. The quantitative estimate of drug-likeness (QED) is 0.0369. The van der Waals surface area contributed by atoms with Crippen molar-refractivity contribution in [2.75, 3.05) is 27.2 Å². The monoisotopic (exact) mass is 688 g/mol. The molecule has 3 heteroatoms. The van der Waals surface area contributed by atoms with Crippen LogP contribution in [0.3, 0.4) is 0 Å². The Hall–Kier alpha value is -1.16. The molecule has 0 spiro atoms. The van der Waals surface area contributed by atoms with Crippen LogP contribution in [0.15, 0.2) is 48.6 Å². The second kappa shape index (κ2) is 39.6. The third-order valence-electron chi connectivity index (χ3n) is 9.26. The van der Waals surface area contributed by atoms with E-state index in [1.54, 1.807) is 0 Å². The Morgan fingerprint density at radius 1 is 0.510 bits per heavy atom. The lowest BCUT2D eigenvalue weighted by atomic mass is 10.0. The summed E-state index contributed by atoms with van der Waals surface area (Å²) in [4.78, 5) is 2.27. The summed E-state index contributed by atoms with van der Waals surface area (Å²) >= 11 is 0. The third-order valence-corrected chi connectivity index (χ3v) is 9.26. The van der Waals surface area contributed by atoms with Gasteiger partial charge in [-0.25, -0.2) is 0 Å². The summed E-state index contributed by atoms with van der Waals surface area (Å²) in [7, 11) is 4.32. The van der Waals surface area contributed by atoms with Crippen molar-refractivity contribution < 1.29 is 9.47 Å². The molecule has 3 nitrogen and oxygen atoms in total. The molecule has 2 atom stereocenters. The molecule has 0 aromatic rings. The first-order valence-corrected chi connectivity index (χ1v) is 21.1. The number of nitrogens with zero attached hydrogens (tertiary/aromatic N) is 1. The Labute approximate surface area is 309 Å². The van der Waals surface area contributed by atoms with Crippen LogP contribution in [0.25, 0.3) is 0 Å². The van der Waals surface area contributed by atoms with E-state index in [9.17, 15) is 0 Å². The highest BCUT2D eigenvalue weighted by Gasteiger charge is 2.33. The molecule has 0 radical (unpaired) electrons.